The summed E-state index contributed by atoms with van der Waals surface area (Å²) in [5, 5.41) is 108. The van der Waals surface area contributed by atoms with Crippen LogP contribution in [0.15, 0.2) is 4.99 Å². The normalized spacial score (nSPS) is 15.0. The standard InChI is InChI=1S/C70H118N20O29/c1-8-33(5)54(89-57(106)36(72)15-21-49(95)96)67(116)84-42(19-24-52(101)102)62(111)81-37(13-10-11-25-71)60(109)82-38(14-12-26-76-70(74)75)59(108)78-35(7)56(105)80-40(17-22-50(97)98)61(110)83-41(18-23-51(99)100)63(112)85-43(27-32(3)4)65(114)87-45(30-91)58(107)77-29-48(94)79-39(16-20-47(73)93)64(113)90-55(34(6)9-2)68(117)86-44(28-53(103)104)66(115)88-46(31-92)69(118)119/h32-46,54-55,91-92H,8-31,71-72H2,1-7H3,(H2,73,93)(H,77,107)(H,78,108)(H,79,94)(H,80,105)(H,81,111)(H,82,109)(H,83,110)(H,84,116)(H,85,112)(H,86,117)(H,87,114)(H,88,115)(H,89,106)(H,90,113)(H,95,96)(H,97,98)(H,99,100)(H,101,102)(H,103,104)(H,118,119)(H4,74,75,76)/t33?,34?,35-,36-,37-,38-,39-,40-,41-,42-,43-,44-,45+,46-,54-,55-/m0/s1. The zero-order valence-corrected chi connectivity index (χ0v) is 67.3. The fourth-order valence-corrected chi connectivity index (χ4v) is 10.9. The van der Waals surface area contributed by atoms with E-state index in [4.69, 9.17) is 33.8 Å². The van der Waals surface area contributed by atoms with Crippen molar-refractivity contribution in [3.8, 4) is 0 Å². The zero-order valence-electron chi connectivity index (χ0n) is 67.3. The Bertz CT molecular complexity index is 3550. The van der Waals surface area contributed by atoms with Gasteiger partial charge in [0.2, 0.25) is 88.6 Å². The summed E-state index contributed by atoms with van der Waals surface area (Å²) >= 11 is 0. The molecule has 2 unspecified atom stereocenters. The largest absolute Gasteiger partial charge is 0.481 e. The molecule has 0 aliphatic rings. The van der Waals surface area contributed by atoms with Crippen molar-refractivity contribution in [2.75, 3.05) is 32.8 Å². The molecule has 0 aliphatic heterocycles. The number of carbonyl (C=O) groups is 21. The second-order valence-corrected chi connectivity index (χ2v) is 28.4. The molecule has 15 amide bonds. The summed E-state index contributed by atoms with van der Waals surface area (Å²) in [6.07, 6.45) is -7.54. The number of carboxylic acids is 6. The first-order valence-electron chi connectivity index (χ1n) is 38.2. The Labute approximate surface area is 683 Å². The fourth-order valence-electron chi connectivity index (χ4n) is 10.9. The van der Waals surface area contributed by atoms with Crippen LogP contribution in [0.4, 0.5) is 0 Å². The number of primary amides is 1. The Morgan fingerprint density at radius 3 is 1.12 bits per heavy atom. The molecule has 32 N–H and O–H groups in total. The highest BCUT2D eigenvalue weighted by molar-refractivity contribution is 6.01. The smallest absolute Gasteiger partial charge is 0.328 e. The number of aliphatic hydroxyl groups is 2. The van der Waals surface area contributed by atoms with E-state index in [1.165, 1.54) is 6.92 Å². The number of nitrogens with one attached hydrogen (secondary N) is 14. The molecule has 49 heteroatoms. The number of amides is 15. The van der Waals surface area contributed by atoms with Crippen LogP contribution in [0.2, 0.25) is 0 Å². The van der Waals surface area contributed by atoms with Gasteiger partial charge in [-0.2, -0.15) is 0 Å². The molecule has 0 aromatic carbocycles. The summed E-state index contributed by atoms with van der Waals surface area (Å²) in [5.41, 5.74) is 27.9. The van der Waals surface area contributed by atoms with Gasteiger partial charge >= 0.3 is 35.8 Å². The molecule has 0 rings (SSSR count). The third kappa shape index (κ3) is 43.7. The van der Waals surface area contributed by atoms with Crippen molar-refractivity contribution in [2.45, 2.75) is 255 Å². The summed E-state index contributed by atoms with van der Waals surface area (Å²) in [5.74, 6) is -28.7. The summed E-state index contributed by atoms with van der Waals surface area (Å²) in [4.78, 5) is 279. The molecule has 0 aromatic heterocycles. The molecule has 0 fully saturated rings. The topological polar surface area (TPSA) is 831 Å². The predicted molar refractivity (Wildman–Crippen MR) is 413 cm³/mol. The predicted octanol–water partition coefficient (Wildman–Crippen LogP) is -9.66. The zero-order chi connectivity index (χ0) is 91.1. The van der Waals surface area contributed by atoms with Crippen molar-refractivity contribution >= 4 is 130 Å². The molecule has 49 nitrogen and oxygen atoms in total. The van der Waals surface area contributed by atoms with Crippen LogP contribution >= 0.6 is 0 Å². The monoisotopic (exact) mass is 1700 g/mol. The fraction of sp³-hybridized carbons (Fsp3) is 0.686. The lowest BCUT2D eigenvalue weighted by molar-refractivity contribution is -0.145. The van der Waals surface area contributed by atoms with Gasteiger partial charge in [0.15, 0.2) is 5.96 Å². The van der Waals surface area contributed by atoms with E-state index in [1.54, 1.807) is 34.6 Å². The van der Waals surface area contributed by atoms with Crippen molar-refractivity contribution in [1.82, 2.24) is 74.4 Å². The van der Waals surface area contributed by atoms with Gasteiger partial charge in [0.05, 0.1) is 32.2 Å². The Kier molecular flexibility index (Phi) is 50.7. The first-order valence-corrected chi connectivity index (χ1v) is 38.2. The van der Waals surface area contributed by atoms with Crippen LogP contribution in [0, 0.1) is 17.8 Å². The minimum Gasteiger partial charge on any atom is -0.481 e. The average Bonchev–Trinajstić information content (AvgIpc) is 0.860. The summed E-state index contributed by atoms with van der Waals surface area (Å²) in [6.45, 7) is 7.05. The van der Waals surface area contributed by atoms with E-state index in [0.29, 0.717) is 0 Å². The molecule has 672 valence electrons. The minimum atomic E-state index is -1.97. The maximum absolute atomic E-state index is 14.4. The van der Waals surface area contributed by atoms with Gasteiger partial charge in [0.25, 0.3) is 0 Å². The van der Waals surface area contributed by atoms with E-state index in [1.807, 2.05) is 5.32 Å². The molecule has 0 heterocycles. The molecule has 0 spiro atoms. The molecule has 0 saturated heterocycles. The van der Waals surface area contributed by atoms with Crippen LogP contribution in [-0.2, 0) is 101 Å². The Morgan fingerprint density at radius 1 is 0.353 bits per heavy atom. The number of nitrogens with zero attached hydrogens (tertiary/aromatic N) is 1. The van der Waals surface area contributed by atoms with E-state index in [-0.39, 0.29) is 76.8 Å². The number of aliphatic carboxylic acids is 6. The Balaban J connectivity index is 7.01. The van der Waals surface area contributed by atoms with Gasteiger partial charge in [-0.3, -0.25) is 101 Å². The molecule has 0 saturated carbocycles. The van der Waals surface area contributed by atoms with Gasteiger partial charge in [0.1, 0.15) is 78.5 Å². The lowest BCUT2D eigenvalue weighted by Crippen LogP contribution is -2.61. The van der Waals surface area contributed by atoms with Crippen LogP contribution in [-0.4, -0.2) is 289 Å². The number of hydrogen-bond acceptors (Lipinski definition) is 26. The third-order valence-corrected chi connectivity index (χ3v) is 18.1. The van der Waals surface area contributed by atoms with Crippen molar-refractivity contribution in [1.29, 1.82) is 0 Å². The van der Waals surface area contributed by atoms with Crippen molar-refractivity contribution in [2.24, 2.45) is 51.4 Å². The Hall–Kier alpha value is -12.0. The van der Waals surface area contributed by atoms with Crippen molar-refractivity contribution in [3.05, 3.63) is 0 Å². The van der Waals surface area contributed by atoms with Crippen LogP contribution in [0.1, 0.15) is 170 Å². The van der Waals surface area contributed by atoms with Crippen molar-refractivity contribution in [3.63, 3.8) is 0 Å². The SMILES string of the molecule is CCC(C)[C@H](NC(=O)[C@H](CCC(N)=O)NC(=O)CNC(=O)[C@@H](CO)NC(=O)[C@H](CC(C)C)NC(=O)[C@H](CCC(=O)O)NC(=O)[C@H](CCC(=O)O)NC(=O)[C@H](C)NC(=O)[C@H](CCCN=C(N)N)NC(=O)[C@H](CCCCN)NC(=O)[C@H](CCC(=O)O)NC(=O)[C@@H](NC(=O)[C@@H](N)CCC(=O)O)C(C)CC)C(=O)N[C@@H](CC(=O)O)C(=O)N[C@@H](CO)C(=O)O. The summed E-state index contributed by atoms with van der Waals surface area (Å²) in [7, 11) is 0. The highest BCUT2D eigenvalue weighted by atomic mass is 16.4. The molecular weight excluding hydrogens is 1580 g/mol. The van der Waals surface area contributed by atoms with E-state index in [2.05, 4.69) is 74.1 Å². The first-order chi connectivity index (χ1) is 55.7. The number of rotatable bonds is 62. The van der Waals surface area contributed by atoms with Crippen LogP contribution in [0.3, 0.4) is 0 Å². The number of carbonyl (C=O) groups excluding carboxylic acids is 15. The Morgan fingerprint density at radius 2 is 0.706 bits per heavy atom. The maximum Gasteiger partial charge on any atom is 0.328 e. The van der Waals surface area contributed by atoms with Gasteiger partial charge in [-0.1, -0.05) is 54.4 Å². The van der Waals surface area contributed by atoms with E-state index >= 15 is 0 Å². The lowest BCUT2D eigenvalue weighted by atomic mass is 9.96. The highest BCUT2D eigenvalue weighted by Gasteiger charge is 2.39. The van der Waals surface area contributed by atoms with Gasteiger partial charge in [-0.25, -0.2) is 4.79 Å². The second-order valence-electron chi connectivity index (χ2n) is 28.4. The quantitative estimate of drug-likeness (QED) is 0.0153. The minimum absolute atomic E-state index is 0.0550. The summed E-state index contributed by atoms with van der Waals surface area (Å²) in [6, 6.07) is -24.1. The summed E-state index contributed by atoms with van der Waals surface area (Å²) < 4.78 is 0. The maximum atomic E-state index is 14.4. The van der Waals surface area contributed by atoms with Crippen LogP contribution < -0.4 is 103 Å². The van der Waals surface area contributed by atoms with Gasteiger partial charge < -0.3 is 144 Å². The van der Waals surface area contributed by atoms with E-state index in [9.17, 15) is 136 Å². The number of aliphatic hydroxyl groups excluding tert-OH is 2. The van der Waals surface area contributed by atoms with Crippen molar-refractivity contribution < 1.29 is 142 Å². The lowest BCUT2D eigenvalue weighted by Gasteiger charge is -2.29. The number of aliphatic imine (C=N–C) groups is 1. The van der Waals surface area contributed by atoms with Crippen LogP contribution in [0.5, 0.6) is 0 Å². The number of nitrogens with two attached hydrogens (primary N) is 5. The molecule has 16 atom stereocenters. The molecule has 0 aliphatic carbocycles. The molecule has 0 aromatic rings. The number of carboxylic acid groups (broad SMARTS) is 6. The van der Waals surface area contributed by atoms with E-state index < -0.39 is 311 Å². The van der Waals surface area contributed by atoms with Gasteiger partial charge in [-0.15, -0.1) is 0 Å². The molecule has 0 bridgehead atoms. The first kappa shape index (κ1) is 107. The van der Waals surface area contributed by atoms with Gasteiger partial charge in [0, 0.05) is 38.6 Å². The molecule has 0 radical (unpaired) electrons. The molecule has 119 heavy (non-hydrogen) atoms. The number of guanidine groups is 1. The highest BCUT2D eigenvalue weighted by Crippen LogP contribution is 2.16. The number of unbranched alkanes of at least 4 members (excludes halogenated alkanes) is 1. The van der Waals surface area contributed by atoms with Gasteiger partial charge in [-0.05, 0) is 102 Å². The average molecular weight is 1700 g/mol. The number of hydrogen-bond donors (Lipinski definition) is 27. The second kappa shape index (κ2) is 56.3. The third-order valence-electron chi connectivity index (χ3n) is 18.1. The molecular formula is C70H118N20O29. The van der Waals surface area contributed by atoms with E-state index in [0.717, 1.165) is 6.92 Å². The van der Waals surface area contributed by atoms with Crippen LogP contribution in [0.25, 0.3) is 0 Å².